The molecule has 2 aliphatic carbocycles. The number of fused-ring (bicyclic) bond motifs is 1. The third-order valence-corrected chi connectivity index (χ3v) is 7.91. The number of aryl methyl sites for hydroxylation is 2. The van der Waals surface area contributed by atoms with Crippen molar-refractivity contribution in [2.75, 3.05) is 11.5 Å². The van der Waals surface area contributed by atoms with E-state index < -0.39 is 9.84 Å². The van der Waals surface area contributed by atoms with Gasteiger partial charge < -0.3 is 5.32 Å². The monoisotopic (exact) mass is 347 g/mol. The van der Waals surface area contributed by atoms with Gasteiger partial charge in [-0.15, -0.1) is 0 Å². The minimum absolute atomic E-state index is 0.0168. The van der Waals surface area contributed by atoms with Crippen molar-refractivity contribution in [2.24, 2.45) is 11.3 Å². The summed E-state index contributed by atoms with van der Waals surface area (Å²) in [5, 5.41) is 3.27. The molecule has 2 atom stereocenters. The topological polar surface area (TPSA) is 63.2 Å². The second kappa shape index (κ2) is 5.58. The van der Waals surface area contributed by atoms with Crippen LogP contribution in [-0.4, -0.2) is 25.8 Å². The van der Waals surface area contributed by atoms with Gasteiger partial charge in [-0.05, 0) is 62.0 Å². The van der Waals surface area contributed by atoms with Crippen LogP contribution in [0.15, 0.2) is 18.2 Å². The Labute approximate surface area is 143 Å². The average molecular weight is 347 g/mol. The van der Waals surface area contributed by atoms with Gasteiger partial charge in [0.15, 0.2) is 0 Å². The lowest BCUT2D eigenvalue weighted by atomic mass is 9.86. The van der Waals surface area contributed by atoms with Crippen LogP contribution in [0.2, 0.25) is 0 Å². The van der Waals surface area contributed by atoms with Gasteiger partial charge in [0.1, 0.15) is 9.84 Å². The van der Waals surface area contributed by atoms with E-state index in [4.69, 9.17) is 0 Å². The molecule has 4 nitrogen and oxygen atoms in total. The molecule has 1 saturated carbocycles. The van der Waals surface area contributed by atoms with Crippen molar-refractivity contribution in [2.45, 2.75) is 51.5 Å². The van der Waals surface area contributed by atoms with Gasteiger partial charge in [-0.1, -0.05) is 23.8 Å². The number of benzene rings is 1. The zero-order chi connectivity index (χ0) is 16.9. The van der Waals surface area contributed by atoms with Crippen LogP contribution >= 0.6 is 0 Å². The number of nitrogens with one attached hydrogen (secondary N) is 1. The molecule has 5 heteroatoms. The van der Waals surface area contributed by atoms with Crippen LogP contribution in [-0.2, 0) is 21.1 Å². The van der Waals surface area contributed by atoms with Crippen molar-refractivity contribution < 1.29 is 13.2 Å². The van der Waals surface area contributed by atoms with Gasteiger partial charge in [-0.25, -0.2) is 8.42 Å². The summed E-state index contributed by atoms with van der Waals surface area (Å²) in [5.41, 5.74) is 3.83. The molecule has 0 radical (unpaired) electrons. The van der Waals surface area contributed by atoms with Crippen LogP contribution in [0.5, 0.6) is 0 Å². The van der Waals surface area contributed by atoms with Crippen molar-refractivity contribution in [3.63, 3.8) is 0 Å². The molecule has 24 heavy (non-hydrogen) atoms. The first-order valence-corrected chi connectivity index (χ1v) is 10.8. The third kappa shape index (κ3) is 2.87. The van der Waals surface area contributed by atoms with E-state index in [2.05, 4.69) is 30.4 Å². The minimum Gasteiger partial charge on any atom is -0.349 e. The van der Waals surface area contributed by atoms with Crippen molar-refractivity contribution in [1.82, 2.24) is 5.32 Å². The lowest BCUT2D eigenvalue weighted by Crippen LogP contribution is -2.35. The molecule has 1 N–H and O–H groups in total. The van der Waals surface area contributed by atoms with Gasteiger partial charge in [0, 0.05) is 5.92 Å². The fourth-order valence-electron chi connectivity index (χ4n) is 4.56. The van der Waals surface area contributed by atoms with Crippen LogP contribution in [0.1, 0.15) is 54.8 Å². The Bertz CT molecular complexity index is 770. The van der Waals surface area contributed by atoms with E-state index in [0.717, 1.165) is 25.7 Å². The maximum Gasteiger partial charge on any atom is 0.224 e. The van der Waals surface area contributed by atoms with E-state index in [1.807, 2.05) is 0 Å². The van der Waals surface area contributed by atoms with E-state index in [-0.39, 0.29) is 34.8 Å². The van der Waals surface area contributed by atoms with Gasteiger partial charge in [0.05, 0.1) is 17.5 Å². The van der Waals surface area contributed by atoms with Gasteiger partial charge in [-0.2, -0.15) is 0 Å². The molecule has 1 aliphatic heterocycles. The maximum absolute atomic E-state index is 12.7. The number of rotatable bonds is 2. The smallest absolute Gasteiger partial charge is 0.224 e. The summed E-state index contributed by atoms with van der Waals surface area (Å²) in [6.07, 6.45) is 5.38. The molecule has 0 unspecified atom stereocenters. The lowest BCUT2D eigenvalue weighted by molar-refractivity contribution is -0.124. The summed E-state index contributed by atoms with van der Waals surface area (Å²) in [6, 6.07) is 6.65. The first-order chi connectivity index (χ1) is 11.4. The average Bonchev–Trinajstić information content (AvgIpc) is 3.26. The number of carbonyl (C=O) groups is 1. The molecular formula is C19H25NO3S. The Kier molecular flexibility index (Phi) is 3.75. The Morgan fingerprint density at radius 1 is 1.25 bits per heavy atom. The van der Waals surface area contributed by atoms with Gasteiger partial charge in [0.25, 0.3) is 0 Å². The predicted molar refractivity (Wildman–Crippen MR) is 93.4 cm³/mol. The van der Waals surface area contributed by atoms with E-state index in [1.54, 1.807) is 0 Å². The minimum atomic E-state index is -2.87. The molecule has 1 spiro atoms. The standard InChI is InChI=1S/C19H25NO3S/c1-13-5-6-14-3-2-4-17(15(14)11-13)20-18(21)16-12-19(16)7-9-24(22,23)10-8-19/h5-6,11,16-17H,2-4,7-10,12H2,1H3,(H,20,21)/t16-,17-/m1/s1. The Hall–Kier alpha value is -1.36. The normalized spacial score (nSPS) is 29.7. The fourth-order valence-corrected chi connectivity index (χ4v) is 6.20. The molecule has 0 bridgehead atoms. The molecule has 1 aromatic carbocycles. The summed E-state index contributed by atoms with van der Waals surface area (Å²) in [7, 11) is -2.87. The van der Waals surface area contributed by atoms with Gasteiger partial charge >= 0.3 is 0 Å². The first kappa shape index (κ1) is 16.1. The molecule has 4 rings (SSSR count). The highest BCUT2D eigenvalue weighted by atomic mass is 32.2. The SMILES string of the molecule is Cc1ccc2c(c1)[C@H](NC(=O)[C@H]1CC13CCS(=O)(=O)CC3)CCC2. The van der Waals surface area contributed by atoms with Crippen molar-refractivity contribution >= 4 is 15.7 Å². The van der Waals surface area contributed by atoms with Crippen molar-refractivity contribution in [3.05, 3.63) is 34.9 Å². The highest BCUT2D eigenvalue weighted by molar-refractivity contribution is 7.91. The quantitative estimate of drug-likeness (QED) is 0.895. The molecule has 2 fully saturated rings. The first-order valence-electron chi connectivity index (χ1n) is 8.99. The van der Waals surface area contributed by atoms with Crippen LogP contribution in [0.25, 0.3) is 0 Å². The Morgan fingerprint density at radius 2 is 2.00 bits per heavy atom. The Morgan fingerprint density at radius 3 is 2.75 bits per heavy atom. The largest absolute Gasteiger partial charge is 0.349 e. The summed E-state index contributed by atoms with van der Waals surface area (Å²) < 4.78 is 23.3. The zero-order valence-electron chi connectivity index (χ0n) is 14.2. The fraction of sp³-hybridized carbons (Fsp3) is 0.632. The van der Waals surface area contributed by atoms with Crippen LogP contribution in [0, 0.1) is 18.3 Å². The van der Waals surface area contributed by atoms with E-state index in [9.17, 15) is 13.2 Å². The Balaban J connectivity index is 1.45. The van der Waals surface area contributed by atoms with E-state index in [1.165, 1.54) is 16.7 Å². The number of sulfone groups is 1. The van der Waals surface area contributed by atoms with Crippen LogP contribution < -0.4 is 5.32 Å². The summed E-state index contributed by atoms with van der Waals surface area (Å²) in [4.78, 5) is 12.7. The highest BCUT2D eigenvalue weighted by Crippen LogP contribution is 2.60. The second-order valence-electron chi connectivity index (χ2n) is 7.93. The van der Waals surface area contributed by atoms with Crippen LogP contribution in [0.4, 0.5) is 0 Å². The van der Waals surface area contributed by atoms with Crippen LogP contribution in [0.3, 0.4) is 0 Å². The second-order valence-corrected chi connectivity index (χ2v) is 10.2. The maximum atomic E-state index is 12.7. The number of amides is 1. The van der Waals surface area contributed by atoms with Gasteiger partial charge in [-0.3, -0.25) is 4.79 Å². The summed E-state index contributed by atoms with van der Waals surface area (Å²) in [6.45, 7) is 2.09. The molecule has 1 heterocycles. The molecular weight excluding hydrogens is 322 g/mol. The molecule has 1 aromatic rings. The molecule has 1 amide bonds. The summed E-state index contributed by atoms with van der Waals surface area (Å²) in [5.74, 6) is 0.654. The molecule has 130 valence electrons. The van der Waals surface area contributed by atoms with Gasteiger partial charge in [0.2, 0.25) is 5.91 Å². The van der Waals surface area contributed by atoms with E-state index in [0.29, 0.717) is 12.8 Å². The summed E-state index contributed by atoms with van der Waals surface area (Å²) >= 11 is 0. The number of carbonyl (C=O) groups excluding carboxylic acids is 1. The van der Waals surface area contributed by atoms with Crippen molar-refractivity contribution in [3.8, 4) is 0 Å². The zero-order valence-corrected chi connectivity index (χ0v) is 15.0. The predicted octanol–water partition coefficient (Wildman–Crippen LogP) is 2.70. The molecule has 1 saturated heterocycles. The van der Waals surface area contributed by atoms with Crippen molar-refractivity contribution in [1.29, 1.82) is 0 Å². The lowest BCUT2D eigenvalue weighted by Gasteiger charge is -2.28. The molecule has 3 aliphatic rings. The highest BCUT2D eigenvalue weighted by Gasteiger charge is 2.59. The van der Waals surface area contributed by atoms with E-state index >= 15 is 0 Å². The molecule has 0 aromatic heterocycles. The third-order valence-electron chi connectivity index (χ3n) is 6.26. The number of hydrogen-bond donors (Lipinski definition) is 1. The number of hydrogen-bond acceptors (Lipinski definition) is 3.